The molecule has 0 amide bonds. The van der Waals surface area contributed by atoms with Crippen molar-refractivity contribution in [3.8, 4) is 5.75 Å². The maximum atomic E-state index is 12.9. The first kappa shape index (κ1) is 17.2. The number of nitrogens with zero attached hydrogens (tertiary/aromatic N) is 4. The van der Waals surface area contributed by atoms with E-state index in [1.54, 1.807) is 26.2 Å². The van der Waals surface area contributed by atoms with Crippen molar-refractivity contribution >= 4 is 21.6 Å². The number of halogens is 1. The van der Waals surface area contributed by atoms with Crippen LogP contribution < -0.4 is 4.74 Å². The van der Waals surface area contributed by atoms with E-state index in [1.807, 2.05) is 13.0 Å². The molecule has 3 rings (SSSR count). The Balaban J connectivity index is 1.79. The monoisotopic (exact) mass is 370 g/mol. The Morgan fingerprint density at radius 1 is 1.33 bits per heavy atom. The van der Waals surface area contributed by atoms with Crippen molar-refractivity contribution < 1.29 is 13.2 Å². The van der Waals surface area contributed by atoms with Crippen molar-refractivity contribution in [1.29, 1.82) is 0 Å². The predicted molar refractivity (Wildman–Crippen MR) is 89.7 cm³/mol. The van der Waals surface area contributed by atoms with E-state index in [1.165, 1.54) is 8.99 Å². The zero-order valence-electron chi connectivity index (χ0n) is 13.7. The molecule has 3 heterocycles. The minimum Gasteiger partial charge on any atom is -0.487 e. The second-order valence-electron chi connectivity index (χ2n) is 5.81. The molecule has 2 aromatic heterocycles. The third-order valence-corrected chi connectivity index (χ3v) is 6.62. The number of aryl methyl sites for hydroxylation is 3. The van der Waals surface area contributed by atoms with Gasteiger partial charge in [-0.2, -0.15) is 9.40 Å². The highest BCUT2D eigenvalue weighted by Gasteiger charge is 2.37. The number of rotatable bonds is 4. The Labute approximate surface area is 146 Å². The number of hydrogen-bond acceptors (Lipinski definition) is 5. The highest BCUT2D eigenvalue weighted by Crippen LogP contribution is 2.30. The molecular weight excluding hydrogens is 352 g/mol. The van der Waals surface area contributed by atoms with E-state index in [-0.39, 0.29) is 22.7 Å². The molecule has 1 aliphatic heterocycles. The Hall–Kier alpha value is -1.64. The first-order chi connectivity index (χ1) is 11.3. The van der Waals surface area contributed by atoms with E-state index in [2.05, 4.69) is 10.1 Å². The summed E-state index contributed by atoms with van der Waals surface area (Å²) in [6.45, 7) is 4.16. The van der Waals surface area contributed by atoms with Crippen LogP contribution in [0.25, 0.3) is 0 Å². The van der Waals surface area contributed by atoms with Crippen molar-refractivity contribution in [3.05, 3.63) is 34.9 Å². The molecule has 0 bridgehead atoms. The molecule has 0 spiro atoms. The quantitative estimate of drug-likeness (QED) is 0.821. The molecule has 0 saturated carbocycles. The second kappa shape index (κ2) is 6.34. The molecule has 1 unspecified atom stereocenters. The van der Waals surface area contributed by atoms with E-state index < -0.39 is 10.0 Å². The fraction of sp³-hybridized carbons (Fsp3) is 0.467. The summed E-state index contributed by atoms with van der Waals surface area (Å²) in [6, 6.07) is 3.63. The van der Waals surface area contributed by atoms with Crippen LogP contribution in [0.2, 0.25) is 5.15 Å². The van der Waals surface area contributed by atoms with Gasteiger partial charge in [-0.1, -0.05) is 11.6 Å². The molecule has 1 fully saturated rings. The Morgan fingerprint density at radius 2 is 2.08 bits per heavy atom. The third-order valence-electron chi connectivity index (χ3n) is 4.06. The highest BCUT2D eigenvalue weighted by molar-refractivity contribution is 7.89. The van der Waals surface area contributed by atoms with Gasteiger partial charge in [-0.3, -0.25) is 9.67 Å². The molecule has 1 saturated heterocycles. The Kier molecular flexibility index (Phi) is 4.54. The van der Waals surface area contributed by atoms with Gasteiger partial charge in [0, 0.05) is 19.8 Å². The zero-order valence-corrected chi connectivity index (χ0v) is 15.3. The summed E-state index contributed by atoms with van der Waals surface area (Å²) in [5, 5.41) is 4.21. The van der Waals surface area contributed by atoms with Gasteiger partial charge < -0.3 is 4.74 Å². The molecule has 0 aliphatic carbocycles. The summed E-state index contributed by atoms with van der Waals surface area (Å²) in [5.41, 5.74) is 1.18. The minimum atomic E-state index is -3.69. The van der Waals surface area contributed by atoms with E-state index in [0.29, 0.717) is 24.4 Å². The Morgan fingerprint density at radius 3 is 2.71 bits per heavy atom. The van der Waals surface area contributed by atoms with Crippen molar-refractivity contribution in [2.45, 2.75) is 31.3 Å². The van der Waals surface area contributed by atoms with Gasteiger partial charge >= 0.3 is 0 Å². The molecule has 0 radical (unpaired) electrons. The summed E-state index contributed by atoms with van der Waals surface area (Å²) >= 11 is 6.12. The molecule has 1 atom stereocenters. The summed E-state index contributed by atoms with van der Waals surface area (Å²) in [7, 11) is -2.07. The van der Waals surface area contributed by atoms with Crippen LogP contribution in [-0.4, -0.2) is 46.7 Å². The maximum Gasteiger partial charge on any atom is 0.248 e. The van der Waals surface area contributed by atoms with Crippen LogP contribution in [0.1, 0.15) is 17.8 Å². The zero-order chi connectivity index (χ0) is 17.5. The molecule has 24 heavy (non-hydrogen) atoms. The van der Waals surface area contributed by atoms with Gasteiger partial charge in [0.25, 0.3) is 0 Å². The van der Waals surface area contributed by atoms with Crippen LogP contribution in [0.3, 0.4) is 0 Å². The number of sulfonamides is 1. The van der Waals surface area contributed by atoms with Gasteiger partial charge in [0.05, 0.1) is 17.9 Å². The number of aromatic nitrogens is 3. The van der Waals surface area contributed by atoms with Gasteiger partial charge in [-0.15, -0.1) is 0 Å². The van der Waals surface area contributed by atoms with Gasteiger partial charge in [-0.25, -0.2) is 8.42 Å². The second-order valence-corrected chi connectivity index (χ2v) is 8.04. The lowest BCUT2D eigenvalue weighted by Crippen LogP contribution is -2.31. The summed E-state index contributed by atoms with van der Waals surface area (Å²) < 4.78 is 34.4. The molecule has 7 nitrogen and oxygen atoms in total. The van der Waals surface area contributed by atoms with Crippen LogP contribution in [-0.2, 0) is 17.1 Å². The number of ether oxygens (including phenoxy) is 1. The van der Waals surface area contributed by atoms with Crippen molar-refractivity contribution in [1.82, 2.24) is 19.1 Å². The molecule has 2 aromatic rings. The summed E-state index contributed by atoms with van der Waals surface area (Å²) in [4.78, 5) is 4.25. The average Bonchev–Trinajstić information content (AvgIpc) is 3.08. The largest absolute Gasteiger partial charge is 0.487 e. The lowest BCUT2D eigenvalue weighted by molar-refractivity contribution is 0.213. The normalized spacial score (nSPS) is 18.9. The topological polar surface area (TPSA) is 77.3 Å². The van der Waals surface area contributed by atoms with Gasteiger partial charge in [0.15, 0.2) is 0 Å². The molecule has 1 aliphatic rings. The van der Waals surface area contributed by atoms with Gasteiger partial charge in [0.2, 0.25) is 10.0 Å². The van der Waals surface area contributed by atoms with Crippen LogP contribution >= 0.6 is 11.6 Å². The van der Waals surface area contributed by atoms with Crippen LogP contribution in [0.4, 0.5) is 0 Å². The first-order valence-corrected chi connectivity index (χ1v) is 9.40. The SMILES string of the molecule is Cc1ncccc1OC1CCN(S(=O)(=O)c2c(C)nn(C)c2Cl)C1. The molecule has 0 N–H and O–H groups in total. The molecular formula is C15H19ClN4O3S. The fourth-order valence-electron chi connectivity index (χ4n) is 2.82. The maximum absolute atomic E-state index is 12.9. The van der Waals surface area contributed by atoms with Crippen LogP contribution in [0.15, 0.2) is 23.2 Å². The van der Waals surface area contributed by atoms with E-state index in [9.17, 15) is 8.42 Å². The smallest absolute Gasteiger partial charge is 0.248 e. The van der Waals surface area contributed by atoms with E-state index in [4.69, 9.17) is 16.3 Å². The van der Waals surface area contributed by atoms with E-state index >= 15 is 0 Å². The van der Waals surface area contributed by atoms with Crippen molar-refractivity contribution in [2.75, 3.05) is 13.1 Å². The first-order valence-electron chi connectivity index (χ1n) is 7.58. The van der Waals surface area contributed by atoms with Crippen LogP contribution in [0, 0.1) is 13.8 Å². The van der Waals surface area contributed by atoms with Crippen molar-refractivity contribution in [3.63, 3.8) is 0 Å². The third kappa shape index (κ3) is 3.01. The average molecular weight is 371 g/mol. The van der Waals surface area contributed by atoms with E-state index in [0.717, 1.165) is 5.69 Å². The van der Waals surface area contributed by atoms with Crippen molar-refractivity contribution in [2.24, 2.45) is 7.05 Å². The summed E-state index contributed by atoms with van der Waals surface area (Å²) in [5.74, 6) is 0.678. The Bertz CT molecular complexity index is 866. The van der Waals surface area contributed by atoms with Crippen LogP contribution in [0.5, 0.6) is 5.75 Å². The number of pyridine rings is 1. The highest BCUT2D eigenvalue weighted by atomic mass is 35.5. The number of hydrogen-bond donors (Lipinski definition) is 0. The van der Waals surface area contributed by atoms with Gasteiger partial charge in [-0.05, 0) is 32.4 Å². The lowest BCUT2D eigenvalue weighted by Gasteiger charge is -2.17. The lowest BCUT2D eigenvalue weighted by atomic mass is 10.3. The molecule has 0 aromatic carbocycles. The standard InChI is InChI=1S/C15H19ClN4O3S/c1-10-13(5-4-7-17-10)23-12-6-8-20(9-12)24(21,22)14-11(2)18-19(3)15(14)16/h4-5,7,12H,6,8-9H2,1-3H3. The predicted octanol–water partition coefficient (Wildman–Crippen LogP) is 1.93. The molecule has 9 heteroatoms. The van der Waals surface area contributed by atoms with Gasteiger partial charge in [0.1, 0.15) is 21.9 Å². The summed E-state index contributed by atoms with van der Waals surface area (Å²) in [6.07, 6.45) is 2.10. The molecule has 130 valence electrons. The minimum absolute atomic E-state index is 0.0740. The fourth-order valence-corrected chi connectivity index (χ4v) is 5.01.